The van der Waals surface area contributed by atoms with Crippen molar-refractivity contribution in [2.75, 3.05) is 7.11 Å². The second-order valence-electron chi connectivity index (χ2n) is 3.42. The molecule has 0 saturated heterocycles. The van der Waals surface area contributed by atoms with Gasteiger partial charge in [-0.1, -0.05) is 12.1 Å². The first-order valence-electron chi connectivity index (χ1n) is 4.83. The molecule has 0 aliphatic heterocycles. The van der Waals surface area contributed by atoms with Gasteiger partial charge in [-0.05, 0) is 19.1 Å². The number of methoxy groups -OCH3 is 1. The fourth-order valence-corrected chi connectivity index (χ4v) is 1.07. The Morgan fingerprint density at radius 1 is 1.28 bits per heavy atom. The monoisotopic (exact) mass is 276 g/mol. The average Bonchev–Trinajstić information content (AvgIpc) is 2.26. The summed E-state index contributed by atoms with van der Waals surface area (Å²) >= 11 is 0. The molecule has 1 atom stereocenters. The minimum atomic E-state index is -5.17. The van der Waals surface area contributed by atoms with Gasteiger partial charge >= 0.3 is 5.97 Å². The molecule has 0 aromatic heterocycles. The molecule has 1 rings (SSSR count). The summed E-state index contributed by atoms with van der Waals surface area (Å²) in [5.41, 5.74) is 5.58. The van der Waals surface area contributed by atoms with E-state index in [4.69, 9.17) is 17.5 Å². The Kier molecular flexibility index (Phi) is 6.48. The Bertz CT molecular complexity index is 472. The number of esters is 1. The maximum atomic E-state index is 11.1. The second-order valence-corrected chi connectivity index (χ2v) is 4.24. The van der Waals surface area contributed by atoms with Gasteiger partial charge in [0.05, 0.1) is 12.7 Å². The van der Waals surface area contributed by atoms with Crippen molar-refractivity contribution in [2.24, 2.45) is 0 Å². The lowest BCUT2D eigenvalue weighted by molar-refractivity contribution is -0.420. The average molecular weight is 276 g/mol. The van der Waals surface area contributed by atoms with E-state index >= 15 is 0 Å². The predicted octanol–water partition coefficient (Wildman–Crippen LogP) is -0.562. The minimum Gasteiger partial charge on any atom is -0.759 e. The van der Waals surface area contributed by atoms with Gasteiger partial charge in [-0.3, -0.25) is 8.42 Å². The summed E-state index contributed by atoms with van der Waals surface area (Å²) in [6.07, 6.45) is 0. The van der Waals surface area contributed by atoms with Crippen molar-refractivity contribution in [1.29, 1.82) is 0 Å². The summed E-state index contributed by atoms with van der Waals surface area (Å²) in [5.74, 6) is -0.303. The summed E-state index contributed by atoms with van der Waals surface area (Å²) in [7, 11) is -3.79. The maximum absolute atomic E-state index is 11.1. The maximum Gasteiger partial charge on any atom is 0.337 e. The van der Waals surface area contributed by atoms with Crippen LogP contribution in [0.3, 0.4) is 0 Å². The van der Waals surface area contributed by atoms with Gasteiger partial charge in [-0.25, -0.2) is 4.79 Å². The lowest BCUT2D eigenvalue weighted by atomic mass is 10.1. The Hall–Kier alpha value is -1.48. The van der Waals surface area contributed by atoms with Crippen LogP contribution in [0.15, 0.2) is 24.3 Å². The van der Waals surface area contributed by atoms with E-state index in [1.807, 2.05) is 19.1 Å². The molecule has 1 aromatic carbocycles. The molecule has 0 radical (unpaired) electrons. The molecule has 102 valence electrons. The van der Waals surface area contributed by atoms with Crippen molar-refractivity contribution >= 4 is 16.4 Å². The Labute approximate surface area is 105 Å². The molecule has 0 aliphatic rings. The number of hydrogen-bond donors (Lipinski definition) is 1. The SMILES string of the molecule is COC(=O)c1ccc([C@H](C)[NH3+])cc1.O=S(=O)([O-])[O-]. The van der Waals surface area contributed by atoms with Crippen LogP contribution >= 0.6 is 0 Å². The highest BCUT2D eigenvalue weighted by Crippen LogP contribution is 2.09. The molecule has 0 spiro atoms. The molecular formula is C10H14NO6S-. The zero-order chi connectivity index (χ0) is 14.3. The van der Waals surface area contributed by atoms with Crippen LogP contribution in [0.2, 0.25) is 0 Å². The van der Waals surface area contributed by atoms with E-state index in [-0.39, 0.29) is 12.0 Å². The van der Waals surface area contributed by atoms with Crippen LogP contribution in [0.4, 0.5) is 0 Å². The zero-order valence-corrected chi connectivity index (χ0v) is 10.8. The molecule has 0 amide bonds. The van der Waals surface area contributed by atoms with Crippen LogP contribution in [-0.2, 0) is 15.1 Å². The van der Waals surface area contributed by atoms with Gasteiger partial charge in [0.25, 0.3) is 0 Å². The van der Waals surface area contributed by atoms with E-state index < -0.39 is 10.4 Å². The number of hydrogen-bond acceptors (Lipinski definition) is 6. The fourth-order valence-electron chi connectivity index (χ4n) is 1.07. The third-order valence-corrected chi connectivity index (χ3v) is 1.90. The van der Waals surface area contributed by atoms with Gasteiger partial charge in [0.1, 0.15) is 6.04 Å². The first-order chi connectivity index (χ1) is 8.15. The van der Waals surface area contributed by atoms with Crippen LogP contribution < -0.4 is 5.73 Å². The highest BCUT2D eigenvalue weighted by atomic mass is 32.3. The summed E-state index contributed by atoms with van der Waals surface area (Å²) in [5, 5.41) is 0. The minimum absolute atomic E-state index is 0.242. The predicted molar refractivity (Wildman–Crippen MR) is 59.6 cm³/mol. The molecule has 0 heterocycles. The molecule has 18 heavy (non-hydrogen) atoms. The first-order valence-corrected chi connectivity index (χ1v) is 6.16. The van der Waals surface area contributed by atoms with Gasteiger partial charge in [0.2, 0.25) is 0 Å². The lowest BCUT2D eigenvalue weighted by Crippen LogP contribution is -2.51. The van der Waals surface area contributed by atoms with Crippen molar-refractivity contribution in [3.05, 3.63) is 35.4 Å². The first kappa shape index (κ1) is 16.5. The number of ether oxygens (including phenoxy) is 1. The van der Waals surface area contributed by atoms with Gasteiger partial charge < -0.3 is 19.6 Å². The smallest absolute Gasteiger partial charge is 0.337 e. The number of carbonyl (C=O) groups is 1. The van der Waals surface area contributed by atoms with Crippen LogP contribution in [0.25, 0.3) is 0 Å². The molecule has 0 aliphatic carbocycles. The van der Waals surface area contributed by atoms with Crippen LogP contribution in [0.1, 0.15) is 28.9 Å². The van der Waals surface area contributed by atoms with Crippen LogP contribution in [0.5, 0.6) is 0 Å². The number of quaternary nitrogens is 1. The Morgan fingerprint density at radius 2 is 1.67 bits per heavy atom. The molecular weight excluding hydrogens is 262 g/mol. The zero-order valence-electron chi connectivity index (χ0n) is 9.95. The third kappa shape index (κ3) is 7.74. The van der Waals surface area contributed by atoms with E-state index in [9.17, 15) is 4.79 Å². The lowest BCUT2D eigenvalue weighted by Gasteiger charge is -2.06. The standard InChI is InChI=1S/C10H13NO2.H2O4S/c1-7(11)8-3-5-9(6-4-8)10(12)13-2;1-5(2,3)4/h3-7H,11H2,1-2H3;(H2,1,2,3,4)/p-1/t7-;/m0./s1. The van der Waals surface area contributed by atoms with Crippen LogP contribution in [0, 0.1) is 0 Å². The summed E-state index contributed by atoms with van der Waals surface area (Å²) in [6.45, 7) is 2.01. The highest BCUT2D eigenvalue weighted by molar-refractivity contribution is 7.79. The molecule has 0 bridgehead atoms. The topological polar surface area (TPSA) is 134 Å². The fraction of sp³-hybridized carbons (Fsp3) is 0.300. The molecule has 0 saturated carbocycles. The van der Waals surface area contributed by atoms with E-state index in [0.717, 1.165) is 5.56 Å². The normalized spacial score (nSPS) is 12.1. The highest BCUT2D eigenvalue weighted by Gasteiger charge is 2.06. The van der Waals surface area contributed by atoms with Gasteiger partial charge in [0.15, 0.2) is 0 Å². The van der Waals surface area contributed by atoms with Crippen molar-refractivity contribution in [3.63, 3.8) is 0 Å². The van der Waals surface area contributed by atoms with Gasteiger partial charge in [0, 0.05) is 16.0 Å². The number of rotatable bonds is 2. The molecule has 3 N–H and O–H groups in total. The quantitative estimate of drug-likeness (QED) is 0.437. The molecule has 7 nitrogen and oxygen atoms in total. The molecule has 0 fully saturated rings. The largest absolute Gasteiger partial charge is 0.759 e. The summed E-state index contributed by atoms with van der Waals surface area (Å²) in [6, 6.07) is 7.53. The van der Waals surface area contributed by atoms with Crippen molar-refractivity contribution in [3.8, 4) is 0 Å². The molecule has 0 unspecified atom stereocenters. The molecule has 1 aromatic rings. The summed E-state index contributed by atoms with van der Waals surface area (Å²) < 4.78 is 38.7. The molecule has 8 heteroatoms. The second kappa shape index (κ2) is 7.07. The van der Waals surface area contributed by atoms with E-state index in [1.54, 1.807) is 12.1 Å². The Morgan fingerprint density at radius 3 is 1.94 bits per heavy atom. The van der Waals surface area contributed by atoms with E-state index in [1.165, 1.54) is 7.11 Å². The van der Waals surface area contributed by atoms with Crippen molar-refractivity contribution < 1.29 is 32.8 Å². The van der Waals surface area contributed by atoms with E-state index in [2.05, 4.69) is 10.5 Å². The summed E-state index contributed by atoms with van der Waals surface area (Å²) in [4.78, 5) is 11.1. The third-order valence-electron chi connectivity index (χ3n) is 1.90. The number of benzene rings is 1. The Balaban J connectivity index is 0.000000494. The van der Waals surface area contributed by atoms with Gasteiger partial charge in [-0.2, -0.15) is 0 Å². The van der Waals surface area contributed by atoms with Crippen molar-refractivity contribution in [1.82, 2.24) is 0 Å². The van der Waals surface area contributed by atoms with Crippen LogP contribution in [-0.4, -0.2) is 30.6 Å². The number of carbonyl (C=O) groups excluding carboxylic acids is 1. The van der Waals surface area contributed by atoms with Crippen molar-refractivity contribution in [2.45, 2.75) is 13.0 Å². The van der Waals surface area contributed by atoms with Gasteiger partial charge in [-0.15, -0.1) is 0 Å². The van der Waals surface area contributed by atoms with E-state index in [0.29, 0.717) is 5.56 Å².